The molecular weight excluding hydrogens is 336 g/mol. The molecule has 1 aliphatic rings. The molecule has 3 aromatic rings. The van der Waals surface area contributed by atoms with Crippen LogP contribution in [0.2, 0.25) is 0 Å². The molecule has 0 aromatic carbocycles. The molecule has 0 bridgehead atoms. The van der Waals surface area contributed by atoms with Crippen LogP contribution in [0.4, 0.5) is 0 Å². The number of amides is 1. The zero-order valence-electron chi connectivity index (χ0n) is 14.5. The number of carbonyl (C=O) groups is 1. The monoisotopic (exact) mass is 356 g/mol. The Hall–Kier alpha value is -2.35. The van der Waals surface area contributed by atoms with E-state index >= 15 is 0 Å². The quantitative estimate of drug-likeness (QED) is 0.780. The van der Waals surface area contributed by atoms with Crippen LogP contribution in [0.1, 0.15) is 58.4 Å². The first-order chi connectivity index (χ1) is 12.0. The lowest BCUT2D eigenvalue weighted by Crippen LogP contribution is -2.44. The van der Waals surface area contributed by atoms with Gasteiger partial charge in [-0.05, 0) is 39.7 Å². The van der Waals surface area contributed by atoms with Crippen LogP contribution in [0.25, 0.3) is 5.78 Å². The molecule has 0 radical (unpaired) electrons. The summed E-state index contributed by atoms with van der Waals surface area (Å²) in [5.74, 6) is 0.339. The lowest BCUT2D eigenvalue weighted by Gasteiger charge is -2.27. The number of carbonyl (C=O) groups excluding carboxylic acids is 1. The largest absolute Gasteiger partial charge is 0.337 e. The van der Waals surface area contributed by atoms with Crippen LogP contribution in [0, 0.1) is 20.8 Å². The van der Waals surface area contributed by atoms with E-state index in [1.807, 2.05) is 32.2 Å². The van der Waals surface area contributed by atoms with Crippen molar-refractivity contribution >= 4 is 23.0 Å². The molecule has 3 aromatic heterocycles. The van der Waals surface area contributed by atoms with Gasteiger partial charge in [-0.15, -0.1) is 16.4 Å². The first-order valence-electron chi connectivity index (χ1n) is 8.43. The first-order valence-corrected chi connectivity index (χ1v) is 9.31. The van der Waals surface area contributed by atoms with Gasteiger partial charge in [0.1, 0.15) is 5.01 Å². The molecule has 25 heavy (non-hydrogen) atoms. The first kappa shape index (κ1) is 16.1. The molecule has 0 spiro atoms. The fourth-order valence-corrected chi connectivity index (χ4v) is 4.49. The van der Waals surface area contributed by atoms with E-state index in [0.717, 1.165) is 47.8 Å². The van der Waals surface area contributed by atoms with Gasteiger partial charge in [-0.3, -0.25) is 4.79 Å². The van der Waals surface area contributed by atoms with E-state index in [1.54, 1.807) is 15.9 Å². The molecule has 1 N–H and O–H groups in total. The van der Waals surface area contributed by atoms with Gasteiger partial charge in [0, 0.05) is 22.5 Å². The summed E-state index contributed by atoms with van der Waals surface area (Å²) in [7, 11) is 0. The van der Waals surface area contributed by atoms with Crippen molar-refractivity contribution < 1.29 is 4.79 Å². The van der Waals surface area contributed by atoms with Gasteiger partial charge in [0.25, 0.3) is 11.7 Å². The van der Waals surface area contributed by atoms with E-state index in [2.05, 4.69) is 25.4 Å². The highest BCUT2D eigenvalue weighted by Gasteiger charge is 2.40. The van der Waals surface area contributed by atoms with Crippen LogP contribution < -0.4 is 5.32 Å². The van der Waals surface area contributed by atoms with Gasteiger partial charge in [-0.1, -0.05) is 12.8 Å². The summed E-state index contributed by atoms with van der Waals surface area (Å²) in [6.45, 7) is 5.81. The summed E-state index contributed by atoms with van der Waals surface area (Å²) < 4.78 is 1.61. The van der Waals surface area contributed by atoms with Gasteiger partial charge in [0.05, 0.1) is 5.54 Å². The summed E-state index contributed by atoms with van der Waals surface area (Å²) >= 11 is 1.61. The number of thiazole rings is 1. The number of aryl methyl sites for hydroxylation is 3. The molecule has 1 fully saturated rings. The Morgan fingerprint density at radius 1 is 1.16 bits per heavy atom. The summed E-state index contributed by atoms with van der Waals surface area (Å²) in [6, 6.07) is 1.92. The van der Waals surface area contributed by atoms with E-state index in [9.17, 15) is 4.79 Å². The molecule has 1 saturated carbocycles. The molecule has 0 unspecified atom stereocenters. The molecule has 3 heterocycles. The molecule has 0 aliphatic heterocycles. The van der Waals surface area contributed by atoms with Crippen molar-refractivity contribution in [1.29, 1.82) is 0 Å². The molecule has 0 atom stereocenters. The lowest BCUT2D eigenvalue weighted by atomic mass is 9.98. The fourth-order valence-electron chi connectivity index (χ4n) is 3.48. The Morgan fingerprint density at radius 2 is 1.92 bits per heavy atom. The van der Waals surface area contributed by atoms with Gasteiger partial charge in [0.15, 0.2) is 0 Å². The number of hydrogen-bond donors (Lipinski definition) is 1. The average molecular weight is 356 g/mol. The van der Waals surface area contributed by atoms with Gasteiger partial charge in [-0.25, -0.2) is 14.5 Å². The second kappa shape index (κ2) is 5.87. The van der Waals surface area contributed by atoms with Crippen molar-refractivity contribution in [2.45, 2.75) is 52.0 Å². The Balaban J connectivity index is 1.67. The van der Waals surface area contributed by atoms with Gasteiger partial charge in [-0.2, -0.15) is 4.98 Å². The van der Waals surface area contributed by atoms with Crippen molar-refractivity contribution in [2.24, 2.45) is 0 Å². The zero-order valence-corrected chi connectivity index (χ0v) is 15.4. The molecule has 130 valence electrons. The van der Waals surface area contributed by atoms with E-state index in [4.69, 9.17) is 0 Å². The normalized spacial score (nSPS) is 16.4. The molecule has 4 rings (SSSR count). The minimum atomic E-state index is -0.397. The molecule has 0 saturated heterocycles. The topological polar surface area (TPSA) is 85.1 Å². The minimum absolute atomic E-state index is 0.153. The third-order valence-corrected chi connectivity index (χ3v) is 5.82. The van der Waals surface area contributed by atoms with E-state index in [0.29, 0.717) is 5.78 Å². The van der Waals surface area contributed by atoms with Crippen LogP contribution in [0.5, 0.6) is 0 Å². The van der Waals surface area contributed by atoms with E-state index < -0.39 is 5.54 Å². The maximum Gasteiger partial charge on any atom is 0.291 e. The smallest absolute Gasteiger partial charge is 0.291 e. The predicted molar refractivity (Wildman–Crippen MR) is 94.7 cm³/mol. The maximum atomic E-state index is 12.9. The van der Waals surface area contributed by atoms with Crippen molar-refractivity contribution in [3.05, 3.63) is 39.4 Å². The van der Waals surface area contributed by atoms with Crippen LogP contribution in [-0.4, -0.2) is 30.5 Å². The van der Waals surface area contributed by atoms with Gasteiger partial charge in [0.2, 0.25) is 5.82 Å². The highest BCUT2D eigenvalue weighted by Crippen LogP contribution is 2.40. The highest BCUT2D eigenvalue weighted by molar-refractivity contribution is 7.09. The molecule has 8 heteroatoms. The summed E-state index contributed by atoms with van der Waals surface area (Å²) in [5, 5.41) is 10.5. The van der Waals surface area contributed by atoms with Crippen molar-refractivity contribution in [2.75, 3.05) is 0 Å². The fraction of sp³-hybridized carbons (Fsp3) is 0.471. The predicted octanol–water partition coefficient (Wildman–Crippen LogP) is 2.71. The van der Waals surface area contributed by atoms with Gasteiger partial charge >= 0.3 is 0 Å². The highest BCUT2D eigenvalue weighted by atomic mass is 32.1. The number of hydrogen-bond acceptors (Lipinski definition) is 6. The molecule has 7 nitrogen and oxygen atoms in total. The van der Waals surface area contributed by atoms with Crippen molar-refractivity contribution in [1.82, 2.24) is 29.9 Å². The lowest BCUT2D eigenvalue weighted by molar-refractivity contribution is 0.0887. The Morgan fingerprint density at radius 3 is 2.60 bits per heavy atom. The number of fused-ring (bicyclic) bond motifs is 1. The van der Waals surface area contributed by atoms with Crippen LogP contribution in [0.15, 0.2) is 11.4 Å². The van der Waals surface area contributed by atoms with Crippen molar-refractivity contribution in [3.8, 4) is 0 Å². The van der Waals surface area contributed by atoms with Crippen LogP contribution >= 0.6 is 11.3 Å². The van der Waals surface area contributed by atoms with Crippen molar-refractivity contribution in [3.63, 3.8) is 0 Å². The summed E-state index contributed by atoms with van der Waals surface area (Å²) in [4.78, 5) is 26.1. The minimum Gasteiger partial charge on any atom is -0.337 e. The third kappa shape index (κ3) is 2.80. The molecule has 1 aliphatic carbocycles. The summed E-state index contributed by atoms with van der Waals surface area (Å²) in [5.41, 5.74) is 2.35. The third-order valence-electron chi connectivity index (χ3n) is 4.66. The second-order valence-corrected chi connectivity index (χ2v) is 7.58. The number of nitrogens with one attached hydrogen (secondary N) is 1. The Bertz CT molecular complexity index is 953. The zero-order chi connectivity index (χ0) is 17.6. The van der Waals surface area contributed by atoms with Gasteiger partial charge < -0.3 is 5.32 Å². The average Bonchev–Trinajstić information content (AvgIpc) is 3.26. The SMILES string of the molecule is Cc1csc(C2(NC(=O)c3nc4nc(C)cc(C)n4n3)CCCC2)n1. The molecular formula is C17H20N6OS. The second-order valence-electron chi connectivity index (χ2n) is 6.72. The van der Waals surface area contributed by atoms with Crippen LogP contribution in [-0.2, 0) is 5.54 Å². The standard InChI is InChI=1S/C17H20N6OS/c1-10-8-12(3)23-16(19-10)20-13(22-23)14(24)21-17(6-4-5-7-17)15-18-11(2)9-25-15/h8-9H,4-7H2,1-3H3,(H,21,24). The maximum absolute atomic E-state index is 12.9. The van der Waals surface area contributed by atoms with E-state index in [-0.39, 0.29) is 11.7 Å². The number of nitrogens with zero attached hydrogens (tertiary/aromatic N) is 5. The molecule has 1 amide bonds. The number of rotatable bonds is 3. The summed E-state index contributed by atoms with van der Waals surface area (Å²) in [6.07, 6.45) is 3.96. The Kier molecular flexibility index (Phi) is 3.79. The van der Waals surface area contributed by atoms with Crippen LogP contribution in [0.3, 0.4) is 0 Å². The van der Waals surface area contributed by atoms with E-state index in [1.165, 1.54) is 0 Å². The Labute approximate surface area is 149 Å². The number of aromatic nitrogens is 5.